The topological polar surface area (TPSA) is 96.6 Å². The van der Waals surface area contributed by atoms with Crippen molar-refractivity contribution in [1.82, 2.24) is 9.97 Å². The molecule has 0 radical (unpaired) electrons. The van der Waals surface area contributed by atoms with E-state index in [9.17, 15) is 15.2 Å². The fraction of sp³-hybridized carbons (Fsp3) is 0.613. The van der Waals surface area contributed by atoms with Gasteiger partial charge in [-0.05, 0) is 87.8 Å². The fourth-order valence-corrected chi connectivity index (χ4v) is 6.54. The molecule has 1 spiro atoms. The summed E-state index contributed by atoms with van der Waals surface area (Å²) in [6, 6.07) is 8.29. The molecule has 2 fully saturated rings. The molecule has 39 heavy (non-hydrogen) atoms. The van der Waals surface area contributed by atoms with E-state index in [4.69, 9.17) is 0 Å². The standard InChI is InChI=1S/C31H42N6O2/c1-5-6-7-29(38)37(28-18-33-27(17-34-28)30(2,3)39)19-23-10-11-31(12-13-31)24(14-23)20-36-21-35(4)25-9-8-22(16-32)15-26(25)36/h8-9,15,17-18,23-24,39H,5-7,10-14,19-21H2,1-4H3. The predicted octanol–water partition coefficient (Wildman–Crippen LogP) is 5.21. The Balaban J connectivity index is 1.33. The van der Waals surface area contributed by atoms with E-state index in [1.165, 1.54) is 24.9 Å². The van der Waals surface area contributed by atoms with E-state index in [1.54, 1.807) is 26.2 Å². The van der Waals surface area contributed by atoms with Crippen molar-refractivity contribution in [3.8, 4) is 6.07 Å². The van der Waals surface area contributed by atoms with Gasteiger partial charge in [-0.25, -0.2) is 4.98 Å². The molecule has 2 aliphatic carbocycles. The molecule has 208 valence electrons. The predicted molar refractivity (Wildman–Crippen MR) is 153 cm³/mol. The lowest BCUT2D eigenvalue weighted by Crippen LogP contribution is -2.42. The lowest BCUT2D eigenvalue weighted by molar-refractivity contribution is -0.119. The summed E-state index contributed by atoms with van der Waals surface area (Å²) in [7, 11) is 2.12. The normalized spacial score (nSPS) is 21.5. The molecule has 1 N–H and O–H groups in total. The highest BCUT2D eigenvalue weighted by Crippen LogP contribution is 2.61. The van der Waals surface area contributed by atoms with E-state index < -0.39 is 5.60 Å². The van der Waals surface area contributed by atoms with Crippen molar-refractivity contribution in [2.75, 3.05) is 41.5 Å². The van der Waals surface area contributed by atoms with Crippen LogP contribution in [0.15, 0.2) is 30.6 Å². The third kappa shape index (κ3) is 5.74. The number of rotatable bonds is 9. The van der Waals surface area contributed by atoms with Gasteiger partial charge in [0, 0.05) is 26.6 Å². The monoisotopic (exact) mass is 530 g/mol. The van der Waals surface area contributed by atoms with Gasteiger partial charge in [-0.2, -0.15) is 5.26 Å². The number of amides is 1. The number of nitriles is 1. The van der Waals surface area contributed by atoms with Gasteiger partial charge in [-0.15, -0.1) is 0 Å². The summed E-state index contributed by atoms with van der Waals surface area (Å²) >= 11 is 0. The van der Waals surface area contributed by atoms with E-state index in [2.05, 4.69) is 45.9 Å². The largest absolute Gasteiger partial charge is 0.384 e. The Morgan fingerprint density at radius 1 is 1.23 bits per heavy atom. The molecule has 1 aromatic heterocycles. The van der Waals surface area contributed by atoms with Crippen LogP contribution in [0.1, 0.15) is 83.4 Å². The number of hydrogen-bond donors (Lipinski definition) is 1. The Morgan fingerprint density at radius 3 is 2.67 bits per heavy atom. The summed E-state index contributed by atoms with van der Waals surface area (Å²) in [5.74, 6) is 1.63. The minimum Gasteiger partial charge on any atom is -0.384 e. The molecule has 8 nitrogen and oxygen atoms in total. The first kappa shape index (κ1) is 27.4. The van der Waals surface area contributed by atoms with Gasteiger partial charge in [0.15, 0.2) is 5.82 Å². The van der Waals surface area contributed by atoms with Crippen LogP contribution in [0.4, 0.5) is 17.2 Å². The number of aromatic nitrogens is 2. The van der Waals surface area contributed by atoms with Crippen LogP contribution < -0.4 is 14.7 Å². The smallest absolute Gasteiger partial charge is 0.228 e. The van der Waals surface area contributed by atoms with Crippen molar-refractivity contribution < 1.29 is 9.90 Å². The number of benzene rings is 1. The van der Waals surface area contributed by atoms with Crippen LogP contribution in [0.5, 0.6) is 0 Å². The van der Waals surface area contributed by atoms with E-state index in [-0.39, 0.29) is 5.91 Å². The third-order valence-corrected chi connectivity index (χ3v) is 9.13. The Bertz CT molecular complexity index is 1230. The Labute approximate surface area is 232 Å². The molecule has 1 aromatic carbocycles. The number of carbonyl (C=O) groups is 1. The number of hydrogen-bond acceptors (Lipinski definition) is 7. The first-order valence-electron chi connectivity index (χ1n) is 14.5. The quantitative estimate of drug-likeness (QED) is 0.475. The maximum atomic E-state index is 13.4. The lowest BCUT2D eigenvalue weighted by Gasteiger charge is -2.40. The van der Waals surface area contributed by atoms with Crippen molar-refractivity contribution in [3.63, 3.8) is 0 Å². The van der Waals surface area contributed by atoms with Gasteiger partial charge in [0.05, 0.1) is 47.8 Å². The molecule has 2 heterocycles. The van der Waals surface area contributed by atoms with Gasteiger partial charge in [-0.1, -0.05) is 13.3 Å². The fourth-order valence-electron chi connectivity index (χ4n) is 6.54. The second-order valence-electron chi connectivity index (χ2n) is 12.5. The van der Waals surface area contributed by atoms with E-state index >= 15 is 0 Å². The number of fused-ring (bicyclic) bond motifs is 1. The van der Waals surface area contributed by atoms with Crippen LogP contribution in [0, 0.1) is 28.6 Å². The number of carbonyl (C=O) groups excluding carboxylic acids is 1. The van der Waals surface area contributed by atoms with Crippen molar-refractivity contribution in [3.05, 3.63) is 41.9 Å². The molecule has 0 saturated heterocycles. The van der Waals surface area contributed by atoms with Crippen molar-refractivity contribution >= 4 is 23.1 Å². The summed E-state index contributed by atoms with van der Waals surface area (Å²) in [5.41, 5.74) is 2.90. The van der Waals surface area contributed by atoms with Crippen molar-refractivity contribution in [1.29, 1.82) is 5.26 Å². The highest BCUT2D eigenvalue weighted by atomic mass is 16.3. The molecular formula is C31H42N6O2. The maximum absolute atomic E-state index is 13.4. The average molecular weight is 531 g/mol. The van der Waals surface area contributed by atoms with E-state index in [1.807, 2.05) is 17.0 Å². The molecule has 2 atom stereocenters. The van der Waals surface area contributed by atoms with Crippen LogP contribution in [-0.4, -0.2) is 47.8 Å². The van der Waals surface area contributed by atoms with Crippen LogP contribution >= 0.6 is 0 Å². The second kappa shape index (κ2) is 10.8. The minimum atomic E-state index is -1.08. The maximum Gasteiger partial charge on any atom is 0.228 e. The van der Waals surface area contributed by atoms with Gasteiger partial charge in [-0.3, -0.25) is 14.7 Å². The van der Waals surface area contributed by atoms with Crippen LogP contribution in [0.2, 0.25) is 0 Å². The van der Waals surface area contributed by atoms with Crippen LogP contribution in [0.3, 0.4) is 0 Å². The Hall–Kier alpha value is -3.18. The zero-order chi connectivity index (χ0) is 27.8. The van der Waals surface area contributed by atoms with Crippen LogP contribution in [0.25, 0.3) is 0 Å². The van der Waals surface area contributed by atoms with Crippen LogP contribution in [-0.2, 0) is 10.4 Å². The van der Waals surface area contributed by atoms with E-state index in [0.717, 1.165) is 44.6 Å². The van der Waals surface area contributed by atoms with Gasteiger partial charge < -0.3 is 14.9 Å². The first-order valence-corrected chi connectivity index (χ1v) is 14.5. The summed E-state index contributed by atoms with van der Waals surface area (Å²) < 4.78 is 0. The number of aliphatic hydroxyl groups is 1. The Morgan fingerprint density at radius 2 is 2.03 bits per heavy atom. The molecule has 2 unspecified atom stereocenters. The number of anilines is 3. The second-order valence-corrected chi connectivity index (χ2v) is 12.5. The van der Waals surface area contributed by atoms with Crippen molar-refractivity contribution in [2.24, 2.45) is 17.3 Å². The summed E-state index contributed by atoms with van der Waals surface area (Å²) in [6.07, 6.45) is 11.6. The summed E-state index contributed by atoms with van der Waals surface area (Å²) in [6.45, 7) is 7.95. The zero-order valence-corrected chi connectivity index (χ0v) is 23.9. The SMILES string of the molecule is CCCCC(=O)N(CC1CCC2(CC2)C(CN2CN(C)c3ccc(C#N)cc32)C1)c1cnc(C(C)(C)O)cn1. The third-order valence-electron chi connectivity index (χ3n) is 9.13. The first-order chi connectivity index (χ1) is 18.6. The van der Waals surface area contributed by atoms with E-state index in [0.29, 0.717) is 47.3 Å². The number of unbranched alkanes of at least 4 members (excludes halogenated alkanes) is 1. The minimum absolute atomic E-state index is 0.101. The van der Waals surface area contributed by atoms with Gasteiger partial charge in [0.2, 0.25) is 5.91 Å². The highest BCUT2D eigenvalue weighted by Gasteiger charge is 2.52. The summed E-state index contributed by atoms with van der Waals surface area (Å²) in [4.78, 5) is 28.9. The molecule has 5 rings (SSSR count). The molecule has 1 amide bonds. The summed E-state index contributed by atoms with van der Waals surface area (Å²) in [5, 5.41) is 19.8. The molecule has 2 saturated carbocycles. The molecule has 2 aromatic rings. The molecule has 8 heteroatoms. The van der Waals surface area contributed by atoms with Crippen molar-refractivity contribution in [2.45, 2.75) is 77.7 Å². The van der Waals surface area contributed by atoms with Gasteiger partial charge in [0.1, 0.15) is 5.60 Å². The molecule has 3 aliphatic rings. The number of nitrogens with zero attached hydrogens (tertiary/aromatic N) is 6. The van der Waals surface area contributed by atoms with Gasteiger partial charge >= 0.3 is 0 Å². The molecule has 1 aliphatic heterocycles. The van der Waals surface area contributed by atoms with Gasteiger partial charge in [0.25, 0.3) is 0 Å². The average Bonchev–Trinajstić information content (AvgIpc) is 3.64. The highest BCUT2D eigenvalue weighted by molar-refractivity contribution is 5.92. The molecular weight excluding hydrogens is 488 g/mol. The zero-order valence-electron chi connectivity index (χ0n) is 23.9. The molecule has 0 bridgehead atoms. The Kier molecular flexibility index (Phi) is 7.56. The lowest BCUT2D eigenvalue weighted by atomic mass is 9.71.